The average molecular weight is 903 g/mol. The van der Waals surface area contributed by atoms with Crippen molar-refractivity contribution in [2.45, 2.75) is 196 Å². The lowest BCUT2D eigenvalue weighted by molar-refractivity contribution is -0.373. The van der Waals surface area contributed by atoms with Gasteiger partial charge in [-0.1, -0.05) is 20.8 Å². The standard InChI is InChI=1S/C45H74O18/c1-19(18-57-41-38(55)35(52)32(49)28(15-46)60-41)5-8-26-20(2)31-27(59-26)14-25-23-7-6-21-13-22(9-11-44(21,3)24(23)10-12-45(25,31)4)58-43-40(37(54)34(51)30(17-48)62-43)63-42-39(56)36(53)33(50)29(16-47)61-42/h19,21-25,27-43,46-56H,5-18H2,1-4H3/t19?,21-,22?,23?,24?,25?,27+,28-,29-,30-,31+,32-,33-,34+,35-,36+,37+,38-,39-,40-,41-,42+,43-,44+,45+/m1/s1. The highest BCUT2D eigenvalue weighted by molar-refractivity contribution is 5.26. The van der Waals surface area contributed by atoms with Gasteiger partial charge in [-0.3, -0.25) is 0 Å². The van der Waals surface area contributed by atoms with E-state index in [1.807, 2.05) is 0 Å². The van der Waals surface area contributed by atoms with Crippen molar-refractivity contribution in [3.63, 3.8) is 0 Å². The van der Waals surface area contributed by atoms with Crippen molar-refractivity contribution in [1.29, 1.82) is 0 Å². The number of hydrogen-bond donors (Lipinski definition) is 11. The molecule has 4 saturated carbocycles. The number of rotatable bonds is 13. The van der Waals surface area contributed by atoms with Gasteiger partial charge >= 0.3 is 0 Å². The number of aliphatic hydroxyl groups excluding tert-OH is 11. The van der Waals surface area contributed by atoms with Gasteiger partial charge in [0.05, 0.1) is 38.3 Å². The first-order chi connectivity index (χ1) is 29.9. The zero-order chi connectivity index (χ0) is 45.3. The SMILES string of the molecule is CC1=C(CCC(C)CO[C@@H]2O[C@H](CO)[C@@H](O)[C@@H](O)[C@H]2O)O[C@H]2CC3C4CC[C@@H]5CC(O[C@@H]6O[C@H](CO)[C@H](O)[C@H](O)[C@H]6O[C@@H]6O[C@H](CO)[C@@H](O)[C@H](O)[C@H]6O)CC[C@]5(C)C4CC[C@]3(C)[C@@H]12. The summed E-state index contributed by atoms with van der Waals surface area (Å²) in [5.41, 5.74) is 1.57. The minimum absolute atomic E-state index is 0.0928. The molecular formula is C45H74O18. The largest absolute Gasteiger partial charge is 0.494 e. The van der Waals surface area contributed by atoms with Crippen molar-refractivity contribution in [3.8, 4) is 0 Å². The molecule has 8 aliphatic rings. The molecule has 18 nitrogen and oxygen atoms in total. The summed E-state index contributed by atoms with van der Waals surface area (Å²) < 4.78 is 42.2. The van der Waals surface area contributed by atoms with E-state index < -0.39 is 112 Å². The predicted molar refractivity (Wildman–Crippen MR) is 218 cm³/mol. The zero-order valence-corrected chi connectivity index (χ0v) is 37.0. The van der Waals surface area contributed by atoms with Crippen LogP contribution in [0.1, 0.15) is 91.9 Å². The van der Waals surface area contributed by atoms with E-state index in [0.29, 0.717) is 29.6 Å². The van der Waals surface area contributed by atoms with Crippen molar-refractivity contribution in [3.05, 3.63) is 11.3 Å². The molecule has 0 bridgehead atoms. The first kappa shape index (κ1) is 48.3. The maximum absolute atomic E-state index is 11.2. The maximum atomic E-state index is 11.2. The number of aliphatic hydroxyl groups is 11. The molecule has 18 heteroatoms. The molecule has 5 unspecified atom stereocenters. The van der Waals surface area contributed by atoms with E-state index in [1.54, 1.807) is 0 Å². The highest BCUT2D eigenvalue weighted by atomic mass is 16.8. The second-order valence-corrected chi connectivity index (χ2v) is 20.9. The summed E-state index contributed by atoms with van der Waals surface area (Å²) in [6.07, 6.45) is -12.1. The van der Waals surface area contributed by atoms with Gasteiger partial charge in [0, 0.05) is 12.3 Å². The molecule has 4 heterocycles. The van der Waals surface area contributed by atoms with Crippen molar-refractivity contribution in [2.75, 3.05) is 26.4 Å². The summed E-state index contributed by atoms with van der Waals surface area (Å²) in [7, 11) is 0. The van der Waals surface area contributed by atoms with Crippen LogP contribution >= 0.6 is 0 Å². The molecule has 0 aromatic carbocycles. The van der Waals surface area contributed by atoms with E-state index in [2.05, 4.69) is 27.7 Å². The van der Waals surface area contributed by atoms with Crippen molar-refractivity contribution >= 4 is 0 Å². The van der Waals surface area contributed by atoms with Gasteiger partial charge in [0.25, 0.3) is 0 Å². The minimum Gasteiger partial charge on any atom is -0.494 e. The van der Waals surface area contributed by atoms with Crippen LogP contribution < -0.4 is 0 Å². The lowest BCUT2D eigenvalue weighted by Crippen LogP contribution is -2.65. The Bertz CT molecular complexity index is 1580. The molecule has 7 fully saturated rings. The Morgan fingerprint density at radius 2 is 1.22 bits per heavy atom. The highest BCUT2D eigenvalue weighted by Crippen LogP contribution is 2.70. The van der Waals surface area contributed by atoms with Crippen LogP contribution in [0.25, 0.3) is 0 Å². The minimum atomic E-state index is -1.74. The molecule has 0 amide bonds. The molecule has 0 aromatic heterocycles. The third-order valence-corrected chi connectivity index (χ3v) is 17.4. The lowest BCUT2D eigenvalue weighted by Gasteiger charge is -2.61. The number of fused-ring (bicyclic) bond motifs is 7. The summed E-state index contributed by atoms with van der Waals surface area (Å²) >= 11 is 0. The monoisotopic (exact) mass is 902 g/mol. The van der Waals surface area contributed by atoms with E-state index in [9.17, 15) is 56.2 Å². The van der Waals surface area contributed by atoms with Gasteiger partial charge in [0.2, 0.25) is 0 Å². The van der Waals surface area contributed by atoms with Crippen LogP contribution in [0.3, 0.4) is 0 Å². The van der Waals surface area contributed by atoms with E-state index >= 15 is 0 Å². The normalized spacial score (nSPS) is 52.7. The van der Waals surface area contributed by atoms with Crippen LogP contribution in [0.4, 0.5) is 0 Å². The molecule has 3 saturated heterocycles. The first-order valence-electron chi connectivity index (χ1n) is 23.5. The average Bonchev–Trinajstić information content (AvgIpc) is 3.76. The van der Waals surface area contributed by atoms with E-state index in [4.69, 9.17) is 33.2 Å². The van der Waals surface area contributed by atoms with Crippen LogP contribution in [0.5, 0.6) is 0 Å². The Hall–Kier alpha value is -1.14. The Kier molecular flexibility index (Phi) is 14.6. The molecule has 362 valence electrons. The Morgan fingerprint density at radius 3 is 1.87 bits per heavy atom. The van der Waals surface area contributed by atoms with E-state index in [0.717, 1.165) is 70.0 Å². The molecule has 11 N–H and O–H groups in total. The molecule has 8 rings (SSSR count). The van der Waals surface area contributed by atoms with Gasteiger partial charge in [-0.25, -0.2) is 0 Å². The Balaban J connectivity index is 0.872. The van der Waals surface area contributed by atoms with Gasteiger partial charge < -0.3 is 89.3 Å². The van der Waals surface area contributed by atoms with E-state index in [-0.39, 0.29) is 35.6 Å². The summed E-state index contributed by atoms with van der Waals surface area (Å²) in [6.45, 7) is 7.74. The quantitative estimate of drug-likeness (QED) is 0.101. The summed E-state index contributed by atoms with van der Waals surface area (Å²) in [5, 5.41) is 113. The third kappa shape index (κ3) is 8.68. The summed E-state index contributed by atoms with van der Waals surface area (Å²) in [6, 6.07) is 0. The Morgan fingerprint density at radius 1 is 0.635 bits per heavy atom. The fourth-order valence-electron chi connectivity index (χ4n) is 13.7. The molecule has 0 spiro atoms. The smallest absolute Gasteiger partial charge is 0.187 e. The summed E-state index contributed by atoms with van der Waals surface area (Å²) in [5.74, 6) is 3.56. The van der Waals surface area contributed by atoms with Gasteiger partial charge in [-0.15, -0.1) is 0 Å². The van der Waals surface area contributed by atoms with Crippen LogP contribution in [0.15, 0.2) is 11.3 Å². The number of allylic oxidation sites excluding steroid dienone is 1. The van der Waals surface area contributed by atoms with Gasteiger partial charge in [-0.2, -0.15) is 0 Å². The second-order valence-electron chi connectivity index (χ2n) is 20.9. The fraction of sp³-hybridized carbons (Fsp3) is 0.956. The Labute approximate surface area is 369 Å². The molecular weight excluding hydrogens is 828 g/mol. The van der Waals surface area contributed by atoms with Crippen LogP contribution in [-0.4, -0.2) is 187 Å². The van der Waals surface area contributed by atoms with Crippen molar-refractivity contribution < 1.29 is 89.3 Å². The van der Waals surface area contributed by atoms with Crippen molar-refractivity contribution in [2.24, 2.45) is 46.3 Å². The fourth-order valence-corrected chi connectivity index (χ4v) is 13.7. The third-order valence-electron chi connectivity index (χ3n) is 17.4. The molecule has 0 aromatic rings. The number of ether oxygens (including phenoxy) is 7. The number of hydrogen-bond acceptors (Lipinski definition) is 18. The highest BCUT2D eigenvalue weighted by Gasteiger charge is 2.65. The predicted octanol–water partition coefficient (Wildman–Crippen LogP) is -0.830. The van der Waals surface area contributed by atoms with Gasteiger partial charge in [-0.05, 0) is 111 Å². The van der Waals surface area contributed by atoms with Gasteiger partial charge in [0.1, 0.15) is 79.4 Å². The molecule has 63 heavy (non-hydrogen) atoms. The van der Waals surface area contributed by atoms with Crippen LogP contribution in [0.2, 0.25) is 0 Å². The zero-order valence-electron chi connectivity index (χ0n) is 37.0. The maximum Gasteiger partial charge on any atom is 0.187 e. The van der Waals surface area contributed by atoms with Crippen molar-refractivity contribution in [1.82, 2.24) is 0 Å². The molecule has 0 radical (unpaired) electrons. The second kappa shape index (κ2) is 19.1. The van der Waals surface area contributed by atoms with Gasteiger partial charge in [0.15, 0.2) is 18.9 Å². The topological polar surface area (TPSA) is 287 Å². The molecule has 4 aliphatic carbocycles. The van der Waals surface area contributed by atoms with Crippen LogP contribution in [0, 0.1) is 46.3 Å². The van der Waals surface area contributed by atoms with E-state index in [1.165, 1.54) is 5.57 Å². The summed E-state index contributed by atoms with van der Waals surface area (Å²) in [4.78, 5) is 0. The molecule has 25 atom stereocenters. The molecule has 4 aliphatic heterocycles. The van der Waals surface area contributed by atoms with Crippen LogP contribution in [-0.2, 0) is 33.2 Å². The lowest BCUT2D eigenvalue weighted by atomic mass is 9.44. The first-order valence-corrected chi connectivity index (χ1v) is 23.5.